The first-order valence-electron chi connectivity index (χ1n) is 13.8. The van der Waals surface area contributed by atoms with Crippen LogP contribution >= 0.6 is 23.2 Å². The molecule has 4 rings (SSSR count). The van der Waals surface area contributed by atoms with Gasteiger partial charge in [0.15, 0.2) is 11.5 Å². The molecule has 1 aliphatic carbocycles. The van der Waals surface area contributed by atoms with Gasteiger partial charge in [0.1, 0.15) is 11.1 Å². The molecule has 3 aromatic rings. The molecule has 1 heterocycles. The van der Waals surface area contributed by atoms with E-state index in [2.05, 4.69) is 20.4 Å². The summed E-state index contributed by atoms with van der Waals surface area (Å²) >= 11 is 12.6. The number of amides is 2. The number of rotatable bonds is 14. The Morgan fingerprint density at radius 3 is 2.48 bits per heavy atom. The second kappa shape index (κ2) is 15.2. The molecule has 0 radical (unpaired) electrons. The molecule has 1 aromatic heterocycles. The number of pyridine rings is 1. The Balaban J connectivity index is 1.57. The quantitative estimate of drug-likeness (QED) is 0.186. The molecule has 14 heteroatoms. The van der Waals surface area contributed by atoms with Crippen LogP contribution in [-0.2, 0) is 11.2 Å². The third-order valence-corrected chi connectivity index (χ3v) is 7.41. The molecule has 236 valence electrons. The number of halogens is 4. The number of anilines is 1. The summed E-state index contributed by atoms with van der Waals surface area (Å²) in [6, 6.07) is 9.86. The van der Waals surface area contributed by atoms with Gasteiger partial charge in [-0.25, -0.2) is 9.59 Å². The predicted molar refractivity (Wildman–Crippen MR) is 162 cm³/mol. The molecule has 1 saturated carbocycles. The average molecular weight is 654 g/mol. The molecule has 44 heavy (non-hydrogen) atoms. The number of benzene rings is 2. The second-order valence-electron chi connectivity index (χ2n) is 10.5. The Labute approximate surface area is 262 Å². The lowest BCUT2D eigenvalue weighted by atomic mass is 10.0. The van der Waals surface area contributed by atoms with Crippen LogP contribution < -0.4 is 25.7 Å². The highest BCUT2D eigenvalue weighted by Crippen LogP contribution is 2.37. The number of urea groups is 1. The molecule has 2 amide bonds. The molecule has 2 aromatic carbocycles. The van der Waals surface area contributed by atoms with Gasteiger partial charge in [-0.3, -0.25) is 4.79 Å². The van der Waals surface area contributed by atoms with Crippen molar-refractivity contribution in [3.05, 3.63) is 85.8 Å². The zero-order valence-corrected chi connectivity index (χ0v) is 25.5. The van der Waals surface area contributed by atoms with E-state index in [0.717, 1.165) is 12.8 Å². The Morgan fingerprint density at radius 1 is 1.09 bits per heavy atom. The van der Waals surface area contributed by atoms with Crippen molar-refractivity contribution in [3.63, 3.8) is 0 Å². The van der Waals surface area contributed by atoms with Crippen molar-refractivity contribution in [3.8, 4) is 11.5 Å². The highest BCUT2D eigenvalue weighted by atomic mass is 35.5. The first kappa shape index (κ1) is 33.0. The molecule has 0 aliphatic heterocycles. The van der Waals surface area contributed by atoms with E-state index in [9.17, 15) is 23.2 Å². The summed E-state index contributed by atoms with van der Waals surface area (Å²) in [4.78, 5) is 42.0. The van der Waals surface area contributed by atoms with Gasteiger partial charge in [0.2, 0.25) is 0 Å². The van der Waals surface area contributed by atoms with E-state index >= 15 is 0 Å². The maximum absolute atomic E-state index is 13.3. The Bertz CT molecular complexity index is 1520. The number of carbonyl (C=O) groups is 2. The minimum absolute atomic E-state index is 0.0538. The van der Waals surface area contributed by atoms with E-state index in [1.165, 1.54) is 36.5 Å². The van der Waals surface area contributed by atoms with E-state index in [0.29, 0.717) is 36.9 Å². The number of ether oxygens (including phenoxy) is 3. The first-order chi connectivity index (χ1) is 21.0. The summed E-state index contributed by atoms with van der Waals surface area (Å²) in [5.74, 6) is -0.530. The number of hydrogen-bond donors (Lipinski definition) is 3. The molecule has 10 nitrogen and oxygen atoms in total. The van der Waals surface area contributed by atoms with Gasteiger partial charge < -0.3 is 34.7 Å². The van der Waals surface area contributed by atoms with Crippen LogP contribution in [0.15, 0.2) is 53.5 Å². The topological polar surface area (TPSA) is 122 Å². The number of likely N-dealkylation sites (N-methyl/N-ethyl adjacent to an activating group) is 1. The lowest BCUT2D eigenvalue weighted by Crippen LogP contribution is -2.34. The van der Waals surface area contributed by atoms with Crippen LogP contribution in [0.25, 0.3) is 0 Å². The van der Waals surface area contributed by atoms with Crippen molar-refractivity contribution < 1.29 is 32.6 Å². The predicted octanol–water partition coefficient (Wildman–Crippen LogP) is 5.90. The summed E-state index contributed by atoms with van der Waals surface area (Å²) in [6.07, 6.45) is 2.04. The van der Waals surface area contributed by atoms with Crippen LogP contribution in [0.1, 0.15) is 40.4 Å². The molecule has 0 saturated heterocycles. The standard InChI is InChI=1S/C30H32Cl2F2N4O6/c1-38(2)12-11-35-30(41)37-20-8-5-18(6-9-20)28(40)43-24(14-21-22(31)15-36-27(39)26(21)32)19-7-10-23(44-29(33)34)25(13-19)42-16-17-3-4-17/h5-10,13,15,17,24,29H,3-4,11-12,14,16H2,1-2H3,(H,36,39)(H2,35,37,41). The monoisotopic (exact) mass is 652 g/mol. The summed E-state index contributed by atoms with van der Waals surface area (Å²) in [5.41, 5.74) is 0.627. The molecule has 1 fully saturated rings. The number of nitrogens with zero attached hydrogens (tertiary/aromatic N) is 1. The minimum Gasteiger partial charge on any atom is -0.489 e. The van der Waals surface area contributed by atoms with Crippen molar-refractivity contribution in [2.75, 3.05) is 39.1 Å². The number of hydrogen-bond acceptors (Lipinski definition) is 7. The van der Waals surface area contributed by atoms with Crippen molar-refractivity contribution in [2.24, 2.45) is 5.92 Å². The van der Waals surface area contributed by atoms with Gasteiger partial charge in [0, 0.05) is 37.0 Å². The maximum Gasteiger partial charge on any atom is 0.387 e. The van der Waals surface area contributed by atoms with Gasteiger partial charge in [-0.15, -0.1) is 0 Å². The third-order valence-electron chi connectivity index (χ3n) is 6.67. The van der Waals surface area contributed by atoms with E-state index < -0.39 is 30.3 Å². The lowest BCUT2D eigenvalue weighted by molar-refractivity contribution is -0.0515. The number of carbonyl (C=O) groups excluding carboxylic acids is 2. The Morgan fingerprint density at radius 2 is 1.82 bits per heavy atom. The molecule has 0 spiro atoms. The fourth-order valence-corrected chi connectivity index (χ4v) is 4.61. The van der Waals surface area contributed by atoms with E-state index in [1.54, 1.807) is 12.1 Å². The number of aromatic nitrogens is 1. The lowest BCUT2D eigenvalue weighted by Gasteiger charge is -2.21. The Kier molecular flexibility index (Phi) is 11.4. The number of aromatic amines is 1. The van der Waals surface area contributed by atoms with Gasteiger partial charge in [-0.1, -0.05) is 29.3 Å². The van der Waals surface area contributed by atoms with Crippen LogP contribution in [-0.4, -0.2) is 62.3 Å². The van der Waals surface area contributed by atoms with Crippen molar-refractivity contribution in [2.45, 2.75) is 32.0 Å². The highest BCUT2D eigenvalue weighted by molar-refractivity contribution is 6.35. The molecule has 3 N–H and O–H groups in total. The fraction of sp³-hybridized carbons (Fsp3) is 0.367. The molecule has 1 atom stereocenters. The van der Waals surface area contributed by atoms with Gasteiger partial charge in [0.05, 0.1) is 17.2 Å². The molecule has 1 aliphatic rings. The van der Waals surface area contributed by atoms with Crippen LogP contribution in [0.2, 0.25) is 10.0 Å². The van der Waals surface area contributed by atoms with Gasteiger partial charge >= 0.3 is 18.6 Å². The maximum atomic E-state index is 13.3. The second-order valence-corrected chi connectivity index (χ2v) is 11.2. The van der Waals surface area contributed by atoms with Crippen LogP contribution in [0, 0.1) is 5.92 Å². The van der Waals surface area contributed by atoms with E-state index in [1.807, 2.05) is 19.0 Å². The van der Waals surface area contributed by atoms with Crippen molar-refractivity contribution in [1.29, 1.82) is 0 Å². The molecule has 0 bridgehead atoms. The summed E-state index contributed by atoms with van der Waals surface area (Å²) < 4.78 is 42.5. The molecular weight excluding hydrogens is 621 g/mol. The fourth-order valence-electron chi connectivity index (χ4n) is 4.10. The number of H-pyrrole nitrogens is 1. The van der Waals surface area contributed by atoms with Crippen molar-refractivity contribution in [1.82, 2.24) is 15.2 Å². The van der Waals surface area contributed by atoms with Gasteiger partial charge in [0.25, 0.3) is 5.56 Å². The third kappa shape index (κ3) is 9.57. The summed E-state index contributed by atoms with van der Waals surface area (Å²) in [7, 11) is 3.78. The van der Waals surface area contributed by atoms with E-state index in [-0.39, 0.29) is 39.1 Å². The smallest absolute Gasteiger partial charge is 0.387 e. The molecular formula is C30H32Cl2F2N4O6. The minimum atomic E-state index is -3.08. The molecule has 1 unspecified atom stereocenters. The number of esters is 1. The van der Waals surface area contributed by atoms with Gasteiger partial charge in [-0.2, -0.15) is 8.78 Å². The zero-order chi connectivity index (χ0) is 31.8. The largest absolute Gasteiger partial charge is 0.489 e. The SMILES string of the molecule is CN(C)CCNC(=O)Nc1ccc(C(=O)OC(Cc2c(Cl)c[nH]c(=O)c2Cl)c2ccc(OC(F)F)c(OCC3CC3)c2)cc1. The summed E-state index contributed by atoms with van der Waals surface area (Å²) in [5, 5.41) is 5.37. The highest BCUT2D eigenvalue weighted by Gasteiger charge is 2.26. The zero-order valence-electron chi connectivity index (χ0n) is 24.0. The van der Waals surface area contributed by atoms with E-state index in [4.69, 9.17) is 32.7 Å². The summed E-state index contributed by atoms with van der Waals surface area (Å²) in [6.45, 7) is -1.64. The van der Waals surface area contributed by atoms with Crippen LogP contribution in [0.3, 0.4) is 0 Å². The normalized spacial score (nSPS) is 13.5. The van der Waals surface area contributed by atoms with Crippen LogP contribution in [0.4, 0.5) is 19.3 Å². The average Bonchev–Trinajstić information content (AvgIpc) is 3.81. The van der Waals surface area contributed by atoms with Crippen molar-refractivity contribution >= 4 is 40.9 Å². The first-order valence-corrected chi connectivity index (χ1v) is 14.5. The number of alkyl halides is 2. The Hall–Kier alpha value is -3.87. The van der Waals surface area contributed by atoms with Crippen LogP contribution in [0.5, 0.6) is 11.5 Å². The van der Waals surface area contributed by atoms with Gasteiger partial charge in [-0.05, 0) is 74.8 Å². The number of nitrogens with one attached hydrogen (secondary N) is 3.